The maximum absolute atomic E-state index is 11.8. The van der Waals surface area contributed by atoms with Crippen LogP contribution in [0.15, 0.2) is 23.3 Å². The van der Waals surface area contributed by atoms with Crippen molar-refractivity contribution in [1.82, 2.24) is 5.43 Å². The second-order valence-corrected chi connectivity index (χ2v) is 6.71. The van der Waals surface area contributed by atoms with Crippen LogP contribution in [0.25, 0.3) is 0 Å². The minimum atomic E-state index is -0.0351. The summed E-state index contributed by atoms with van der Waals surface area (Å²) in [5.41, 5.74) is 3.44. The molecule has 0 radical (unpaired) electrons. The summed E-state index contributed by atoms with van der Waals surface area (Å²) in [7, 11) is 1.60. The van der Waals surface area contributed by atoms with E-state index in [0.29, 0.717) is 24.5 Å². The summed E-state index contributed by atoms with van der Waals surface area (Å²) in [5.74, 6) is 1.32. The molecule has 0 saturated heterocycles. The maximum atomic E-state index is 11.8. The van der Waals surface area contributed by atoms with E-state index in [1.807, 2.05) is 25.1 Å². The minimum Gasteiger partial charge on any atom is -0.493 e. The van der Waals surface area contributed by atoms with Crippen molar-refractivity contribution >= 4 is 12.1 Å². The molecule has 0 fully saturated rings. The van der Waals surface area contributed by atoms with Crippen molar-refractivity contribution < 1.29 is 14.3 Å². The van der Waals surface area contributed by atoms with Gasteiger partial charge < -0.3 is 9.47 Å². The Labute approximate surface area is 164 Å². The lowest BCUT2D eigenvalue weighted by Gasteiger charge is -2.09. The maximum Gasteiger partial charge on any atom is 0.240 e. The Morgan fingerprint density at radius 1 is 1.00 bits per heavy atom. The average Bonchev–Trinajstić information content (AvgIpc) is 2.68. The molecule has 1 amide bonds. The van der Waals surface area contributed by atoms with Gasteiger partial charge in [0.1, 0.15) is 0 Å². The Bertz CT molecular complexity index is 558. The Balaban J connectivity index is 2.19. The number of nitrogens with zero attached hydrogens (tertiary/aromatic N) is 1. The van der Waals surface area contributed by atoms with E-state index in [2.05, 4.69) is 17.5 Å². The standard InChI is InChI=1S/C22H36N2O3/c1-4-6-7-8-9-10-11-12-13-14-22(25)24-23-18-19-15-16-20(27-5-2)21(17-19)26-3/h15-18H,4-14H2,1-3H3,(H,24,25)/b23-18+. The molecule has 0 aliphatic rings. The fourth-order valence-corrected chi connectivity index (χ4v) is 2.87. The topological polar surface area (TPSA) is 59.9 Å². The lowest BCUT2D eigenvalue weighted by atomic mass is 10.1. The summed E-state index contributed by atoms with van der Waals surface area (Å²) < 4.78 is 10.8. The third kappa shape index (κ3) is 10.6. The lowest BCUT2D eigenvalue weighted by Crippen LogP contribution is -2.16. The molecule has 0 bridgehead atoms. The molecule has 5 nitrogen and oxygen atoms in total. The molecular formula is C22H36N2O3. The summed E-state index contributed by atoms with van der Waals surface area (Å²) in [4.78, 5) is 11.8. The Hall–Kier alpha value is -2.04. The van der Waals surface area contributed by atoms with E-state index in [1.54, 1.807) is 13.3 Å². The van der Waals surface area contributed by atoms with Gasteiger partial charge in [0.2, 0.25) is 5.91 Å². The predicted molar refractivity (Wildman–Crippen MR) is 112 cm³/mol. The van der Waals surface area contributed by atoms with Crippen LogP contribution >= 0.6 is 0 Å². The van der Waals surface area contributed by atoms with Gasteiger partial charge in [-0.15, -0.1) is 0 Å². The monoisotopic (exact) mass is 376 g/mol. The van der Waals surface area contributed by atoms with Crippen molar-refractivity contribution in [3.05, 3.63) is 23.8 Å². The molecule has 0 unspecified atom stereocenters. The van der Waals surface area contributed by atoms with Crippen molar-refractivity contribution in [1.29, 1.82) is 0 Å². The summed E-state index contributed by atoms with van der Waals surface area (Å²) in [6.07, 6.45) is 13.4. The van der Waals surface area contributed by atoms with Crippen LogP contribution in [-0.2, 0) is 4.79 Å². The van der Waals surface area contributed by atoms with Gasteiger partial charge in [-0.3, -0.25) is 4.79 Å². The Kier molecular flexibility index (Phi) is 12.8. The number of hydrogen-bond acceptors (Lipinski definition) is 4. The molecule has 1 rings (SSSR count). The molecule has 0 spiro atoms. The van der Waals surface area contributed by atoms with Crippen molar-refractivity contribution in [2.24, 2.45) is 5.10 Å². The Morgan fingerprint density at radius 2 is 1.67 bits per heavy atom. The smallest absolute Gasteiger partial charge is 0.240 e. The van der Waals surface area contributed by atoms with Crippen LogP contribution in [-0.4, -0.2) is 25.8 Å². The third-order valence-electron chi connectivity index (χ3n) is 4.40. The molecule has 27 heavy (non-hydrogen) atoms. The molecule has 0 saturated carbocycles. The molecule has 152 valence electrons. The first kappa shape index (κ1) is 23.0. The molecule has 5 heteroatoms. The van der Waals surface area contributed by atoms with E-state index in [-0.39, 0.29) is 5.91 Å². The van der Waals surface area contributed by atoms with E-state index in [4.69, 9.17) is 9.47 Å². The van der Waals surface area contributed by atoms with Crippen LogP contribution in [0.3, 0.4) is 0 Å². The van der Waals surface area contributed by atoms with Gasteiger partial charge in [0, 0.05) is 6.42 Å². The number of rotatable bonds is 15. The molecule has 0 aliphatic heterocycles. The van der Waals surface area contributed by atoms with Crippen molar-refractivity contribution in [3.63, 3.8) is 0 Å². The van der Waals surface area contributed by atoms with E-state index >= 15 is 0 Å². The van der Waals surface area contributed by atoms with Crippen LogP contribution in [0, 0.1) is 0 Å². The zero-order valence-electron chi connectivity index (χ0n) is 17.3. The quantitative estimate of drug-likeness (QED) is 0.251. The van der Waals surface area contributed by atoms with Gasteiger partial charge in [0.25, 0.3) is 0 Å². The lowest BCUT2D eigenvalue weighted by molar-refractivity contribution is -0.121. The number of hydrogen-bond donors (Lipinski definition) is 1. The highest BCUT2D eigenvalue weighted by Crippen LogP contribution is 2.27. The third-order valence-corrected chi connectivity index (χ3v) is 4.40. The number of methoxy groups -OCH3 is 1. The molecule has 0 aliphatic carbocycles. The second kappa shape index (κ2) is 15.1. The summed E-state index contributed by atoms with van der Waals surface area (Å²) in [5, 5.41) is 4.03. The molecular weight excluding hydrogens is 340 g/mol. The zero-order valence-corrected chi connectivity index (χ0v) is 17.3. The molecule has 1 aromatic rings. The van der Waals surface area contributed by atoms with Gasteiger partial charge in [-0.1, -0.05) is 58.3 Å². The number of carbonyl (C=O) groups excluding carboxylic acids is 1. The van der Waals surface area contributed by atoms with Gasteiger partial charge in [0.05, 0.1) is 19.9 Å². The van der Waals surface area contributed by atoms with Crippen LogP contribution < -0.4 is 14.9 Å². The minimum absolute atomic E-state index is 0.0351. The molecule has 1 N–H and O–H groups in total. The normalized spacial score (nSPS) is 10.9. The van der Waals surface area contributed by atoms with Gasteiger partial charge in [-0.05, 0) is 37.1 Å². The largest absolute Gasteiger partial charge is 0.493 e. The van der Waals surface area contributed by atoms with Gasteiger partial charge in [0.15, 0.2) is 11.5 Å². The van der Waals surface area contributed by atoms with Crippen LogP contribution in [0.5, 0.6) is 11.5 Å². The number of nitrogens with one attached hydrogen (secondary N) is 1. The highest BCUT2D eigenvalue weighted by atomic mass is 16.5. The first-order valence-corrected chi connectivity index (χ1v) is 10.3. The number of amides is 1. The van der Waals surface area contributed by atoms with E-state index in [1.165, 1.54) is 44.9 Å². The van der Waals surface area contributed by atoms with Gasteiger partial charge in [-0.25, -0.2) is 5.43 Å². The Morgan fingerprint density at radius 3 is 2.30 bits per heavy atom. The fraction of sp³-hybridized carbons (Fsp3) is 0.636. The number of benzene rings is 1. The summed E-state index contributed by atoms with van der Waals surface area (Å²) in [6, 6.07) is 5.55. The number of ether oxygens (including phenoxy) is 2. The van der Waals surface area contributed by atoms with Crippen LogP contribution in [0.2, 0.25) is 0 Å². The molecule has 0 heterocycles. The van der Waals surface area contributed by atoms with E-state index in [0.717, 1.165) is 18.4 Å². The van der Waals surface area contributed by atoms with E-state index in [9.17, 15) is 4.79 Å². The summed E-state index contributed by atoms with van der Waals surface area (Å²) >= 11 is 0. The second-order valence-electron chi connectivity index (χ2n) is 6.71. The highest BCUT2D eigenvalue weighted by molar-refractivity contribution is 5.83. The summed E-state index contributed by atoms with van der Waals surface area (Å²) in [6.45, 7) is 4.75. The van der Waals surface area contributed by atoms with Crippen molar-refractivity contribution in [3.8, 4) is 11.5 Å². The van der Waals surface area contributed by atoms with Gasteiger partial charge in [-0.2, -0.15) is 5.10 Å². The SMILES string of the molecule is CCCCCCCCCCCC(=O)N/N=C/c1ccc(OCC)c(OC)c1. The molecule has 0 atom stereocenters. The fourth-order valence-electron chi connectivity index (χ4n) is 2.87. The highest BCUT2D eigenvalue weighted by Gasteiger charge is 2.04. The van der Waals surface area contributed by atoms with Crippen LogP contribution in [0.1, 0.15) is 83.6 Å². The first-order valence-electron chi connectivity index (χ1n) is 10.3. The van der Waals surface area contributed by atoms with Crippen LogP contribution in [0.4, 0.5) is 0 Å². The zero-order chi connectivity index (χ0) is 19.7. The predicted octanol–water partition coefficient (Wildman–Crippen LogP) is 5.46. The molecule has 1 aromatic carbocycles. The first-order chi connectivity index (χ1) is 13.2. The van der Waals surface area contributed by atoms with Gasteiger partial charge >= 0.3 is 0 Å². The van der Waals surface area contributed by atoms with Crippen molar-refractivity contribution in [2.45, 2.75) is 78.1 Å². The van der Waals surface area contributed by atoms with E-state index < -0.39 is 0 Å². The molecule has 0 aromatic heterocycles. The number of hydrazone groups is 1. The number of unbranched alkanes of at least 4 members (excludes halogenated alkanes) is 8. The number of carbonyl (C=O) groups is 1. The average molecular weight is 377 g/mol. The van der Waals surface area contributed by atoms with Crippen molar-refractivity contribution in [2.75, 3.05) is 13.7 Å².